The summed E-state index contributed by atoms with van der Waals surface area (Å²) in [6.07, 6.45) is 4.65. The Labute approximate surface area is 382 Å². The van der Waals surface area contributed by atoms with Gasteiger partial charge in [0.2, 0.25) is 5.91 Å². The summed E-state index contributed by atoms with van der Waals surface area (Å²) in [7, 11) is 1.28. The van der Waals surface area contributed by atoms with E-state index in [1.165, 1.54) is 7.11 Å². The SMILES string of the molecule is COC(=O)N[C@H](C(=O)N1CCCC1c1nc2ccc(C#Cc3ccc4cc(-c5cnc(C6CCCN6C(=O)[C@H](NC(=O)OC6CCOCC6)c6ccccc6)[nH]5)ccc4n3)cc2[nH]1)C(C)C. The third-order valence-corrected chi connectivity index (χ3v) is 12.6. The Morgan fingerprint density at radius 2 is 1.52 bits per heavy atom. The van der Waals surface area contributed by atoms with E-state index in [9.17, 15) is 19.2 Å². The summed E-state index contributed by atoms with van der Waals surface area (Å²) in [4.78, 5) is 77.9. The number of rotatable bonds is 10. The molecule has 4 atom stereocenters. The fourth-order valence-corrected chi connectivity index (χ4v) is 9.12. The first-order valence-electron chi connectivity index (χ1n) is 22.6. The molecule has 66 heavy (non-hydrogen) atoms. The number of alkyl carbamates (subject to hydrolysis) is 2. The predicted molar refractivity (Wildman–Crippen MR) is 246 cm³/mol. The zero-order valence-electron chi connectivity index (χ0n) is 37.2. The highest BCUT2D eigenvalue weighted by Gasteiger charge is 2.39. The first kappa shape index (κ1) is 44.0. The number of carbonyl (C=O) groups excluding carboxylic acids is 4. The number of benzene rings is 3. The van der Waals surface area contributed by atoms with Crippen LogP contribution in [0.3, 0.4) is 0 Å². The lowest BCUT2D eigenvalue weighted by Gasteiger charge is -2.29. The highest BCUT2D eigenvalue weighted by molar-refractivity contribution is 5.88. The van der Waals surface area contributed by atoms with Gasteiger partial charge in [-0.15, -0.1) is 0 Å². The minimum absolute atomic E-state index is 0.122. The van der Waals surface area contributed by atoms with E-state index in [0.29, 0.717) is 62.1 Å². The van der Waals surface area contributed by atoms with Crippen molar-refractivity contribution in [2.24, 2.45) is 5.92 Å². The number of hydrogen-bond donors (Lipinski definition) is 4. The van der Waals surface area contributed by atoms with Gasteiger partial charge in [0, 0.05) is 42.4 Å². The summed E-state index contributed by atoms with van der Waals surface area (Å²) in [5.41, 5.74) is 6.20. The third kappa shape index (κ3) is 9.57. The van der Waals surface area contributed by atoms with E-state index >= 15 is 0 Å². The molecule has 6 aromatic rings. The van der Waals surface area contributed by atoms with Gasteiger partial charge in [-0.25, -0.2) is 24.5 Å². The van der Waals surface area contributed by atoms with Crippen molar-refractivity contribution in [2.45, 2.75) is 82.6 Å². The van der Waals surface area contributed by atoms with Crippen LogP contribution in [0.2, 0.25) is 0 Å². The van der Waals surface area contributed by atoms with Crippen LogP contribution in [0.5, 0.6) is 0 Å². The Bertz CT molecular complexity index is 2810. The van der Waals surface area contributed by atoms with Crippen molar-refractivity contribution in [1.82, 2.24) is 45.4 Å². The van der Waals surface area contributed by atoms with Crippen LogP contribution >= 0.6 is 0 Å². The van der Waals surface area contributed by atoms with Crippen molar-refractivity contribution in [1.29, 1.82) is 0 Å². The van der Waals surface area contributed by atoms with Crippen LogP contribution in [0.25, 0.3) is 33.2 Å². The number of imidazole rings is 2. The second-order valence-electron chi connectivity index (χ2n) is 17.3. The van der Waals surface area contributed by atoms with Gasteiger partial charge >= 0.3 is 12.2 Å². The van der Waals surface area contributed by atoms with E-state index in [1.54, 1.807) is 16.0 Å². The maximum Gasteiger partial charge on any atom is 0.408 e. The van der Waals surface area contributed by atoms with Crippen molar-refractivity contribution < 1.29 is 33.4 Å². The number of fused-ring (bicyclic) bond motifs is 2. The second-order valence-corrected chi connectivity index (χ2v) is 17.3. The first-order valence-corrected chi connectivity index (χ1v) is 22.6. The molecule has 4 N–H and O–H groups in total. The molecule has 3 aromatic heterocycles. The molecule has 3 fully saturated rings. The van der Waals surface area contributed by atoms with Crippen LogP contribution in [0.15, 0.2) is 85.1 Å². The largest absolute Gasteiger partial charge is 0.453 e. The first-order chi connectivity index (χ1) is 32.1. The number of aromatic nitrogens is 5. The Balaban J connectivity index is 0.868. The molecule has 340 valence electrons. The van der Waals surface area contributed by atoms with Crippen LogP contribution in [0, 0.1) is 17.8 Å². The Morgan fingerprint density at radius 3 is 2.27 bits per heavy atom. The van der Waals surface area contributed by atoms with E-state index in [2.05, 4.69) is 38.5 Å². The molecule has 16 heteroatoms. The summed E-state index contributed by atoms with van der Waals surface area (Å²) in [5, 5.41) is 6.49. The molecule has 3 saturated heterocycles. The number of H-pyrrole nitrogens is 2. The van der Waals surface area contributed by atoms with Crippen molar-refractivity contribution in [3.8, 4) is 23.1 Å². The normalized spacial score (nSPS) is 18.5. The zero-order valence-corrected chi connectivity index (χ0v) is 37.2. The van der Waals surface area contributed by atoms with E-state index < -0.39 is 24.3 Å². The fourth-order valence-electron chi connectivity index (χ4n) is 9.12. The van der Waals surface area contributed by atoms with Crippen molar-refractivity contribution >= 4 is 45.9 Å². The van der Waals surface area contributed by atoms with Crippen LogP contribution < -0.4 is 10.6 Å². The van der Waals surface area contributed by atoms with Crippen LogP contribution in [0.4, 0.5) is 9.59 Å². The fraction of sp³-hybridized carbons (Fsp3) is 0.380. The number of nitrogens with one attached hydrogen (secondary N) is 4. The molecule has 0 aliphatic carbocycles. The van der Waals surface area contributed by atoms with Gasteiger partial charge in [0.1, 0.15) is 35.5 Å². The average molecular weight is 892 g/mol. The number of nitrogens with zero attached hydrogens (tertiary/aromatic N) is 5. The highest BCUT2D eigenvalue weighted by atomic mass is 16.6. The maximum atomic E-state index is 14.3. The van der Waals surface area contributed by atoms with Crippen LogP contribution in [-0.4, -0.2) is 104 Å². The van der Waals surface area contributed by atoms with E-state index in [-0.39, 0.29) is 35.9 Å². The summed E-state index contributed by atoms with van der Waals surface area (Å²) in [5.74, 6) is 7.34. The minimum Gasteiger partial charge on any atom is -0.453 e. The molecule has 16 nitrogen and oxygen atoms in total. The third-order valence-electron chi connectivity index (χ3n) is 12.6. The molecule has 0 radical (unpaired) electrons. The van der Waals surface area contributed by atoms with Gasteiger partial charge in [0.05, 0.1) is 60.8 Å². The van der Waals surface area contributed by atoms with E-state index in [4.69, 9.17) is 29.2 Å². The number of likely N-dealkylation sites (tertiary alicyclic amines) is 2. The highest BCUT2D eigenvalue weighted by Crippen LogP contribution is 2.35. The van der Waals surface area contributed by atoms with Crippen molar-refractivity contribution in [2.75, 3.05) is 33.4 Å². The van der Waals surface area contributed by atoms with Gasteiger partial charge in [-0.2, -0.15) is 0 Å². The smallest absolute Gasteiger partial charge is 0.408 e. The molecule has 3 aliphatic rings. The Kier molecular flexibility index (Phi) is 13.0. The summed E-state index contributed by atoms with van der Waals surface area (Å²) in [6, 6.07) is 22.8. The van der Waals surface area contributed by atoms with Gasteiger partial charge in [-0.1, -0.05) is 56.2 Å². The zero-order chi connectivity index (χ0) is 45.7. The summed E-state index contributed by atoms with van der Waals surface area (Å²) in [6.45, 7) is 5.97. The molecule has 0 saturated carbocycles. The number of pyridine rings is 1. The molecule has 3 aliphatic heterocycles. The molecule has 4 amide bonds. The molecule has 3 aromatic carbocycles. The lowest BCUT2D eigenvalue weighted by Crippen LogP contribution is -2.51. The van der Waals surface area contributed by atoms with E-state index in [0.717, 1.165) is 64.4 Å². The Morgan fingerprint density at radius 1 is 0.773 bits per heavy atom. The monoisotopic (exact) mass is 891 g/mol. The van der Waals surface area contributed by atoms with Gasteiger partial charge in [-0.3, -0.25) is 9.59 Å². The number of aromatic amines is 2. The molecular formula is C50H53N9O7. The van der Waals surface area contributed by atoms with Crippen molar-refractivity contribution in [3.63, 3.8) is 0 Å². The van der Waals surface area contributed by atoms with Gasteiger partial charge in [0.15, 0.2) is 0 Å². The molecule has 2 unspecified atom stereocenters. The van der Waals surface area contributed by atoms with Crippen LogP contribution in [-0.2, 0) is 23.8 Å². The predicted octanol–water partition coefficient (Wildman–Crippen LogP) is 7.26. The Hall–Kier alpha value is -7.25. The number of carbonyl (C=O) groups is 4. The lowest BCUT2D eigenvalue weighted by molar-refractivity contribution is -0.136. The summed E-state index contributed by atoms with van der Waals surface area (Å²) < 4.78 is 15.9. The summed E-state index contributed by atoms with van der Waals surface area (Å²) >= 11 is 0. The van der Waals surface area contributed by atoms with Gasteiger partial charge < -0.3 is 44.6 Å². The quantitative estimate of drug-likeness (QED) is 0.102. The van der Waals surface area contributed by atoms with Gasteiger partial charge in [0.25, 0.3) is 5.91 Å². The molecular weight excluding hydrogens is 839 g/mol. The topological polar surface area (TPSA) is 197 Å². The number of ether oxygens (including phenoxy) is 3. The van der Waals surface area contributed by atoms with Crippen molar-refractivity contribution in [3.05, 3.63) is 114 Å². The number of methoxy groups -OCH3 is 1. The maximum absolute atomic E-state index is 14.3. The molecule has 0 spiro atoms. The standard InChI is InChI=1S/C50H53N9O7/c1-30(2)43(56-49(62)64-3)47(60)59-24-8-12-42(59)46-53-38-19-14-31(27-39(38)54-46)13-17-35-18-15-33-28-34(16-20-37(33)52-35)40-29-51-45(55-40)41-11-7-23-58(41)48(61)44(32-9-5-4-6-10-32)57-50(63)66-36-21-25-65-26-22-36/h4-6,9-10,14-16,18-20,27-30,36,41-44H,7-8,11-12,21-26H2,1-3H3,(H,51,55)(H,53,54)(H,56,62)(H,57,63)/t41?,42?,43-,44+/m0/s1. The number of amides is 4. The van der Waals surface area contributed by atoms with E-state index in [1.807, 2.05) is 86.6 Å². The molecule has 6 heterocycles. The molecule has 9 rings (SSSR count). The average Bonchev–Trinajstić information content (AvgIpc) is 4.19. The number of hydrogen-bond acceptors (Lipinski definition) is 10. The van der Waals surface area contributed by atoms with Gasteiger partial charge in [-0.05, 0) is 85.5 Å². The lowest BCUT2D eigenvalue weighted by atomic mass is 10.0. The molecule has 0 bridgehead atoms. The second kappa shape index (κ2) is 19.5. The van der Waals surface area contributed by atoms with Crippen LogP contribution in [0.1, 0.15) is 99.0 Å². The minimum atomic E-state index is -0.916.